The molecule has 0 atom stereocenters. The number of para-hydroxylation sites is 1. The molecule has 2 amide bonds. The molecular weight excluding hydrogens is 491 g/mol. The fourth-order valence-corrected chi connectivity index (χ4v) is 4.54. The maximum Gasteiger partial charge on any atom is 0.262 e. The molecule has 0 spiro atoms. The van der Waals surface area contributed by atoms with E-state index in [4.69, 9.17) is 0 Å². The molecule has 2 N–H and O–H groups in total. The van der Waals surface area contributed by atoms with E-state index in [-0.39, 0.29) is 48.5 Å². The number of fused-ring (bicyclic) bond motifs is 1. The molecule has 0 saturated heterocycles. The first-order valence-electron chi connectivity index (χ1n) is 11.9. The molecule has 37 heavy (non-hydrogen) atoms. The number of nitrogens with one attached hydrogen (secondary N) is 2. The van der Waals surface area contributed by atoms with Gasteiger partial charge in [0.2, 0.25) is 11.8 Å². The van der Waals surface area contributed by atoms with Gasteiger partial charge in [0.15, 0.2) is 5.16 Å². The molecule has 190 valence electrons. The highest BCUT2D eigenvalue weighted by atomic mass is 32.2. The van der Waals surface area contributed by atoms with Crippen molar-refractivity contribution in [3.8, 4) is 0 Å². The Morgan fingerprint density at radius 1 is 0.946 bits per heavy atom. The Labute approximate surface area is 218 Å². The number of aryl methyl sites for hydroxylation is 1. The fourth-order valence-electron chi connectivity index (χ4n) is 3.71. The number of anilines is 1. The summed E-state index contributed by atoms with van der Waals surface area (Å²) in [4.78, 5) is 42.8. The van der Waals surface area contributed by atoms with Crippen molar-refractivity contribution in [3.05, 3.63) is 100 Å². The van der Waals surface area contributed by atoms with Crippen LogP contribution >= 0.6 is 11.8 Å². The minimum absolute atomic E-state index is 0.0463. The minimum Gasteiger partial charge on any atom is -0.352 e. The van der Waals surface area contributed by atoms with Gasteiger partial charge in [-0.05, 0) is 53.9 Å². The summed E-state index contributed by atoms with van der Waals surface area (Å²) >= 11 is 1.15. The van der Waals surface area contributed by atoms with E-state index in [0.717, 1.165) is 23.7 Å². The van der Waals surface area contributed by atoms with E-state index < -0.39 is 0 Å². The van der Waals surface area contributed by atoms with Crippen molar-refractivity contribution in [3.63, 3.8) is 0 Å². The van der Waals surface area contributed by atoms with Crippen LogP contribution < -0.4 is 16.2 Å². The second-order valence-electron chi connectivity index (χ2n) is 8.41. The molecule has 1 heterocycles. The van der Waals surface area contributed by atoms with Gasteiger partial charge < -0.3 is 10.6 Å². The van der Waals surface area contributed by atoms with Gasteiger partial charge in [0.05, 0.1) is 16.7 Å². The summed E-state index contributed by atoms with van der Waals surface area (Å²) < 4.78 is 14.5. The third-order valence-electron chi connectivity index (χ3n) is 5.77. The lowest BCUT2D eigenvalue weighted by molar-refractivity contribution is -0.121. The predicted octanol–water partition coefficient (Wildman–Crippen LogP) is 4.54. The maximum atomic E-state index is 13.2. The van der Waals surface area contributed by atoms with Crippen LogP contribution in [-0.2, 0) is 29.1 Å². The van der Waals surface area contributed by atoms with Crippen molar-refractivity contribution in [1.29, 1.82) is 0 Å². The van der Waals surface area contributed by atoms with Crippen LogP contribution in [0.1, 0.15) is 24.5 Å². The summed E-state index contributed by atoms with van der Waals surface area (Å²) in [6, 6.07) is 20.5. The SMILES string of the molecule is CCc1ccc(NC(=O)CSc2nc3ccccc3c(=O)n2CCC(=O)NCc2ccc(F)cc2)cc1. The van der Waals surface area contributed by atoms with E-state index in [1.54, 1.807) is 36.4 Å². The molecule has 0 radical (unpaired) electrons. The minimum atomic E-state index is -0.341. The number of hydrogen-bond donors (Lipinski definition) is 2. The number of aromatic nitrogens is 2. The Hall–Kier alpha value is -3.98. The first kappa shape index (κ1) is 26.1. The summed E-state index contributed by atoms with van der Waals surface area (Å²) in [6.07, 6.45) is 0.962. The van der Waals surface area contributed by atoms with Gasteiger partial charge in [0.25, 0.3) is 5.56 Å². The molecule has 0 aliphatic rings. The Bertz CT molecular complexity index is 1450. The second kappa shape index (κ2) is 12.3. The molecule has 7 nitrogen and oxygen atoms in total. The highest BCUT2D eigenvalue weighted by Gasteiger charge is 2.15. The quantitative estimate of drug-likeness (QED) is 0.238. The summed E-state index contributed by atoms with van der Waals surface area (Å²) in [6.45, 7) is 2.43. The van der Waals surface area contributed by atoms with Gasteiger partial charge in [-0.3, -0.25) is 19.0 Å². The van der Waals surface area contributed by atoms with E-state index in [1.165, 1.54) is 22.3 Å². The zero-order chi connectivity index (χ0) is 26.2. The predicted molar refractivity (Wildman–Crippen MR) is 144 cm³/mol. The Kier molecular flexibility index (Phi) is 8.68. The van der Waals surface area contributed by atoms with Crippen molar-refractivity contribution in [2.75, 3.05) is 11.1 Å². The van der Waals surface area contributed by atoms with Gasteiger partial charge in [0.1, 0.15) is 5.82 Å². The van der Waals surface area contributed by atoms with Gasteiger partial charge in [-0.25, -0.2) is 9.37 Å². The van der Waals surface area contributed by atoms with E-state index >= 15 is 0 Å². The van der Waals surface area contributed by atoms with Crippen LogP contribution in [0.3, 0.4) is 0 Å². The highest BCUT2D eigenvalue weighted by Crippen LogP contribution is 2.19. The molecule has 9 heteroatoms. The van der Waals surface area contributed by atoms with Crippen molar-refractivity contribution in [2.45, 2.75) is 38.0 Å². The molecule has 0 aliphatic heterocycles. The number of halogens is 1. The molecule has 1 aromatic heterocycles. The number of thioether (sulfide) groups is 1. The van der Waals surface area contributed by atoms with Crippen molar-refractivity contribution < 1.29 is 14.0 Å². The van der Waals surface area contributed by atoms with Crippen molar-refractivity contribution in [1.82, 2.24) is 14.9 Å². The van der Waals surface area contributed by atoms with Crippen LogP contribution in [0.25, 0.3) is 10.9 Å². The maximum absolute atomic E-state index is 13.2. The summed E-state index contributed by atoms with van der Waals surface area (Å²) in [7, 11) is 0. The number of benzene rings is 3. The van der Waals surface area contributed by atoms with Crippen molar-refractivity contribution >= 4 is 40.2 Å². The average molecular weight is 519 g/mol. The summed E-state index contributed by atoms with van der Waals surface area (Å²) in [5.41, 5.74) is 2.91. The number of carbonyl (C=O) groups is 2. The van der Waals surface area contributed by atoms with Crippen LogP contribution in [0, 0.1) is 5.82 Å². The zero-order valence-corrected chi connectivity index (χ0v) is 21.2. The zero-order valence-electron chi connectivity index (χ0n) is 20.4. The van der Waals surface area contributed by atoms with Gasteiger partial charge in [-0.2, -0.15) is 0 Å². The smallest absolute Gasteiger partial charge is 0.262 e. The van der Waals surface area contributed by atoms with E-state index in [0.29, 0.717) is 21.7 Å². The normalized spacial score (nSPS) is 10.9. The molecule has 0 aliphatic carbocycles. The Morgan fingerprint density at radius 2 is 1.65 bits per heavy atom. The first-order valence-corrected chi connectivity index (χ1v) is 12.9. The largest absolute Gasteiger partial charge is 0.352 e. The van der Waals surface area contributed by atoms with Crippen LogP contribution in [0.5, 0.6) is 0 Å². The number of nitrogens with zero attached hydrogens (tertiary/aromatic N) is 2. The monoisotopic (exact) mass is 518 g/mol. The van der Waals surface area contributed by atoms with Gasteiger partial charge in [-0.15, -0.1) is 0 Å². The van der Waals surface area contributed by atoms with Crippen molar-refractivity contribution in [2.24, 2.45) is 0 Å². The van der Waals surface area contributed by atoms with E-state index in [1.807, 2.05) is 24.3 Å². The van der Waals surface area contributed by atoms with Crippen LogP contribution in [0.2, 0.25) is 0 Å². The topological polar surface area (TPSA) is 93.1 Å². The lowest BCUT2D eigenvalue weighted by atomic mass is 10.1. The number of rotatable bonds is 10. The highest BCUT2D eigenvalue weighted by molar-refractivity contribution is 7.99. The third-order valence-corrected chi connectivity index (χ3v) is 6.75. The van der Waals surface area contributed by atoms with Crippen LogP contribution in [-0.4, -0.2) is 27.1 Å². The average Bonchev–Trinajstić information content (AvgIpc) is 2.91. The lowest BCUT2D eigenvalue weighted by Crippen LogP contribution is -2.29. The fraction of sp³-hybridized carbons (Fsp3) is 0.214. The molecule has 0 bridgehead atoms. The molecule has 4 rings (SSSR count). The van der Waals surface area contributed by atoms with Crippen LogP contribution in [0.4, 0.5) is 10.1 Å². The molecule has 0 unspecified atom stereocenters. The number of carbonyl (C=O) groups excluding carboxylic acids is 2. The third kappa shape index (κ3) is 7.04. The molecule has 3 aromatic carbocycles. The van der Waals surface area contributed by atoms with E-state index in [2.05, 4.69) is 22.5 Å². The number of amides is 2. The first-order chi connectivity index (χ1) is 17.9. The van der Waals surface area contributed by atoms with Gasteiger partial charge >= 0.3 is 0 Å². The summed E-state index contributed by atoms with van der Waals surface area (Å²) in [5.74, 6) is -0.767. The van der Waals surface area contributed by atoms with Gasteiger partial charge in [-0.1, -0.05) is 55.1 Å². The standard InChI is InChI=1S/C28H27FN4O3S/c1-2-19-9-13-22(14-10-19)31-26(35)18-37-28-32-24-6-4-3-5-23(24)27(36)33(28)16-15-25(34)30-17-20-7-11-21(29)12-8-20/h3-14H,2,15-18H2,1H3,(H,30,34)(H,31,35). The molecular formula is C28H27FN4O3S. The van der Waals surface area contributed by atoms with Crippen LogP contribution in [0.15, 0.2) is 82.7 Å². The second-order valence-corrected chi connectivity index (χ2v) is 9.35. The lowest BCUT2D eigenvalue weighted by Gasteiger charge is -2.13. The number of hydrogen-bond acceptors (Lipinski definition) is 5. The van der Waals surface area contributed by atoms with Gasteiger partial charge in [0, 0.05) is 25.2 Å². The summed E-state index contributed by atoms with van der Waals surface area (Å²) in [5, 5.41) is 6.45. The molecule has 0 fully saturated rings. The molecule has 4 aromatic rings. The molecule has 0 saturated carbocycles. The Morgan fingerprint density at radius 3 is 2.38 bits per heavy atom. The Balaban J connectivity index is 1.43. The van der Waals surface area contributed by atoms with E-state index in [9.17, 15) is 18.8 Å².